The summed E-state index contributed by atoms with van der Waals surface area (Å²) in [5.74, 6) is -4.83. The number of primary amides is 1. The number of aliphatic carboxylic acids is 1. The molecule has 15 heteroatoms. The van der Waals surface area contributed by atoms with Gasteiger partial charge in [-0.05, 0) is 25.8 Å². The SMILES string of the molecule is NCCCCC(NC(=O)C(Cc1cnc[nH]1)NC(=O)C(CC(N)=O)NC(=O)C(N)CO)C(=O)O. The minimum atomic E-state index is -1.49. The lowest BCUT2D eigenvalue weighted by Crippen LogP contribution is -2.58. The Morgan fingerprint density at radius 2 is 1.62 bits per heavy atom. The van der Waals surface area contributed by atoms with Gasteiger partial charge in [-0.15, -0.1) is 0 Å². The average molecular weight is 485 g/mol. The molecule has 0 bridgehead atoms. The third-order valence-electron chi connectivity index (χ3n) is 4.75. The molecule has 0 spiro atoms. The van der Waals surface area contributed by atoms with Crippen molar-refractivity contribution in [1.82, 2.24) is 25.9 Å². The number of rotatable bonds is 16. The molecule has 0 radical (unpaired) electrons. The summed E-state index contributed by atoms with van der Waals surface area (Å²) < 4.78 is 0. The summed E-state index contributed by atoms with van der Waals surface area (Å²) in [5, 5.41) is 25.4. The van der Waals surface area contributed by atoms with E-state index in [0.717, 1.165) is 0 Å². The smallest absolute Gasteiger partial charge is 0.326 e. The molecule has 12 N–H and O–H groups in total. The molecule has 15 nitrogen and oxygen atoms in total. The Hall–Kier alpha value is -3.56. The van der Waals surface area contributed by atoms with E-state index in [1.165, 1.54) is 12.5 Å². The van der Waals surface area contributed by atoms with Crippen molar-refractivity contribution in [2.24, 2.45) is 17.2 Å². The normalized spacial score (nSPS) is 14.3. The standard InChI is InChI=1S/C19H32N8O7/c20-4-2-1-3-12(19(33)34)25-17(31)13(5-10-7-23-9-24-10)27-18(32)14(6-15(22)29)26-16(30)11(21)8-28/h7,9,11-14,28H,1-6,8,20-21H2,(H2,22,29)(H,23,24)(H,25,31)(H,26,30)(H,27,32)(H,33,34). The Bertz CT molecular complexity index is 833. The van der Waals surface area contributed by atoms with Gasteiger partial charge >= 0.3 is 5.97 Å². The van der Waals surface area contributed by atoms with Crippen molar-refractivity contribution in [3.8, 4) is 0 Å². The number of aliphatic hydroxyl groups excluding tert-OH is 1. The van der Waals surface area contributed by atoms with E-state index in [0.29, 0.717) is 25.1 Å². The zero-order chi connectivity index (χ0) is 25.7. The lowest BCUT2D eigenvalue weighted by molar-refractivity contribution is -0.142. The molecule has 0 aliphatic carbocycles. The third kappa shape index (κ3) is 9.93. The number of aromatic nitrogens is 2. The molecule has 1 heterocycles. The van der Waals surface area contributed by atoms with Gasteiger partial charge in [-0.2, -0.15) is 0 Å². The summed E-state index contributed by atoms with van der Waals surface area (Å²) in [7, 11) is 0. The van der Waals surface area contributed by atoms with Gasteiger partial charge in [0.25, 0.3) is 0 Å². The molecule has 0 aliphatic heterocycles. The van der Waals surface area contributed by atoms with E-state index in [4.69, 9.17) is 22.3 Å². The zero-order valence-electron chi connectivity index (χ0n) is 18.5. The van der Waals surface area contributed by atoms with E-state index < -0.39 is 66.8 Å². The van der Waals surface area contributed by atoms with Crippen LogP contribution in [0.2, 0.25) is 0 Å². The number of aromatic amines is 1. The number of hydrogen-bond donors (Lipinski definition) is 9. The summed E-state index contributed by atoms with van der Waals surface area (Å²) >= 11 is 0. The topological polar surface area (TPSA) is 269 Å². The predicted octanol–water partition coefficient (Wildman–Crippen LogP) is -4.18. The van der Waals surface area contributed by atoms with Crippen LogP contribution in [0.25, 0.3) is 0 Å². The minimum Gasteiger partial charge on any atom is -0.480 e. The molecule has 190 valence electrons. The van der Waals surface area contributed by atoms with Crippen LogP contribution < -0.4 is 33.2 Å². The molecule has 0 aromatic carbocycles. The molecule has 1 aromatic heterocycles. The largest absolute Gasteiger partial charge is 0.480 e. The molecular weight excluding hydrogens is 452 g/mol. The number of imidazole rings is 1. The highest BCUT2D eigenvalue weighted by molar-refractivity contribution is 5.96. The highest BCUT2D eigenvalue weighted by atomic mass is 16.4. The van der Waals surface area contributed by atoms with Crippen LogP contribution in [-0.2, 0) is 30.4 Å². The zero-order valence-corrected chi connectivity index (χ0v) is 18.5. The van der Waals surface area contributed by atoms with Crippen LogP contribution in [0.5, 0.6) is 0 Å². The van der Waals surface area contributed by atoms with E-state index in [1.807, 2.05) is 0 Å². The molecule has 4 amide bonds. The molecule has 1 rings (SSSR count). The monoisotopic (exact) mass is 484 g/mol. The number of H-pyrrole nitrogens is 1. The highest BCUT2D eigenvalue weighted by Crippen LogP contribution is 2.05. The number of unbranched alkanes of at least 4 members (excludes halogenated alkanes) is 1. The number of hydrogen-bond acceptors (Lipinski definition) is 9. The first-order valence-electron chi connectivity index (χ1n) is 10.5. The lowest BCUT2D eigenvalue weighted by atomic mass is 10.1. The number of aliphatic hydroxyl groups is 1. The van der Waals surface area contributed by atoms with E-state index >= 15 is 0 Å². The van der Waals surface area contributed by atoms with E-state index in [-0.39, 0.29) is 12.8 Å². The first-order valence-corrected chi connectivity index (χ1v) is 10.5. The van der Waals surface area contributed by atoms with Crippen molar-refractivity contribution in [1.29, 1.82) is 0 Å². The fourth-order valence-electron chi connectivity index (χ4n) is 2.89. The van der Waals surface area contributed by atoms with Crippen LogP contribution in [0.15, 0.2) is 12.5 Å². The number of amides is 4. The van der Waals surface area contributed by atoms with E-state index in [2.05, 4.69) is 25.9 Å². The molecule has 0 aliphatic rings. The maximum absolute atomic E-state index is 12.9. The summed E-state index contributed by atoms with van der Waals surface area (Å²) in [6, 6.07) is -5.34. The Kier molecular flexibility index (Phi) is 12.2. The van der Waals surface area contributed by atoms with Gasteiger partial charge in [0.05, 0.1) is 19.4 Å². The fourth-order valence-corrected chi connectivity index (χ4v) is 2.89. The first kappa shape index (κ1) is 28.5. The number of carboxylic acids is 1. The quantitative estimate of drug-likeness (QED) is 0.102. The second kappa shape index (κ2) is 14.6. The van der Waals surface area contributed by atoms with Crippen molar-refractivity contribution in [3.63, 3.8) is 0 Å². The Labute approximate surface area is 195 Å². The van der Waals surface area contributed by atoms with Gasteiger partial charge in [0, 0.05) is 18.3 Å². The number of nitrogens with two attached hydrogens (primary N) is 3. The second-order valence-electron chi connectivity index (χ2n) is 7.55. The molecule has 4 atom stereocenters. The lowest BCUT2D eigenvalue weighted by Gasteiger charge is -2.24. The van der Waals surface area contributed by atoms with Crippen molar-refractivity contribution >= 4 is 29.6 Å². The van der Waals surface area contributed by atoms with Crippen molar-refractivity contribution in [3.05, 3.63) is 18.2 Å². The maximum Gasteiger partial charge on any atom is 0.326 e. The van der Waals surface area contributed by atoms with Gasteiger partial charge < -0.3 is 48.3 Å². The van der Waals surface area contributed by atoms with Gasteiger partial charge in [0.1, 0.15) is 24.2 Å². The summed E-state index contributed by atoms with van der Waals surface area (Å²) in [5.41, 5.74) is 16.4. The Morgan fingerprint density at radius 1 is 1.00 bits per heavy atom. The first-order chi connectivity index (χ1) is 16.1. The summed E-state index contributed by atoms with van der Waals surface area (Å²) in [6.45, 7) is -0.339. The molecule has 0 fully saturated rings. The van der Waals surface area contributed by atoms with E-state index in [9.17, 15) is 29.1 Å². The molecule has 34 heavy (non-hydrogen) atoms. The van der Waals surface area contributed by atoms with Crippen molar-refractivity contribution in [2.45, 2.75) is 56.3 Å². The Balaban J connectivity index is 3.03. The van der Waals surface area contributed by atoms with Crippen LogP contribution in [0.1, 0.15) is 31.4 Å². The molecular formula is C19H32N8O7. The average Bonchev–Trinajstić information content (AvgIpc) is 3.29. The second-order valence-corrected chi connectivity index (χ2v) is 7.55. The number of nitrogens with zero attached hydrogens (tertiary/aromatic N) is 1. The van der Waals surface area contributed by atoms with Crippen LogP contribution >= 0.6 is 0 Å². The third-order valence-corrected chi connectivity index (χ3v) is 4.75. The van der Waals surface area contributed by atoms with Crippen LogP contribution in [0.3, 0.4) is 0 Å². The van der Waals surface area contributed by atoms with Crippen molar-refractivity contribution < 1.29 is 34.2 Å². The van der Waals surface area contributed by atoms with Crippen molar-refractivity contribution in [2.75, 3.05) is 13.2 Å². The minimum absolute atomic E-state index is 0.0971. The van der Waals surface area contributed by atoms with Gasteiger partial charge in [-0.1, -0.05) is 0 Å². The summed E-state index contributed by atoms with van der Waals surface area (Å²) in [6.07, 6.45) is 3.21. The van der Waals surface area contributed by atoms with Crippen LogP contribution in [-0.4, -0.2) is 87.1 Å². The Morgan fingerprint density at radius 3 is 2.15 bits per heavy atom. The van der Waals surface area contributed by atoms with E-state index in [1.54, 1.807) is 0 Å². The summed E-state index contributed by atoms with van der Waals surface area (Å²) in [4.78, 5) is 67.3. The number of carbonyl (C=O) groups excluding carboxylic acids is 4. The fraction of sp³-hybridized carbons (Fsp3) is 0.579. The molecule has 4 unspecified atom stereocenters. The van der Waals surface area contributed by atoms with Gasteiger partial charge in [-0.25, -0.2) is 9.78 Å². The number of carbonyl (C=O) groups is 5. The molecule has 0 saturated carbocycles. The molecule has 1 aromatic rings. The van der Waals surface area contributed by atoms with Crippen LogP contribution in [0, 0.1) is 0 Å². The van der Waals surface area contributed by atoms with Gasteiger partial charge in [0.15, 0.2) is 0 Å². The van der Waals surface area contributed by atoms with Gasteiger partial charge in [-0.3, -0.25) is 19.2 Å². The predicted molar refractivity (Wildman–Crippen MR) is 117 cm³/mol. The molecule has 0 saturated heterocycles. The van der Waals surface area contributed by atoms with Gasteiger partial charge in [0.2, 0.25) is 23.6 Å². The maximum atomic E-state index is 12.9. The number of nitrogens with one attached hydrogen (secondary N) is 4. The highest BCUT2D eigenvalue weighted by Gasteiger charge is 2.31. The van der Waals surface area contributed by atoms with Crippen LogP contribution in [0.4, 0.5) is 0 Å². The number of carboxylic acid groups (broad SMARTS) is 1.